The second-order valence-corrected chi connectivity index (χ2v) is 8.44. The van der Waals surface area contributed by atoms with Gasteiger partial charge in [-0.05, 0) is 49.4 Å². The Hall–Kier alpha value is -2.68. The van der Waals surface area contributed by atoms with Gasteiger partial charge in [-0.15, -0.1) is 12.4 Å². The van der Waals surface area contributed by atoms with Crippen LogP contribution >= 0.6 is 12.4 Å². The van der Waals surface area contributed by atoms with Crippen LogP contribution < -0.4 is 11.1 Å². The van der Waals surface area contributed by atoms with Crippen molar-refractivity contribution in [3.05, 3.63) is 59.4 Å². The van der Waals surface area contributed by atoms with Crippen LogP contribution in [0.4, 0.5) is 23.2 Å². The fraction of sp³-hybridized carbons (Fsp3) is 0.222. The molecule has 30 heavy (non-hydrogen) atoms. The first kappa shape index (κ1) is 25.4. The molecule has 1 atom stereocenters. The summed E-state index contributed by atoms with van der Waals surface area (Å²) in [6.07, 6.45) is -4.83. The summed E-state index contributed by atoms with van der Waals surface area (Å²) in [5.74, 6) is -2.58. The SMILES string of the molecule is CC(N)(CS(=O)(=O)c1ccc(F)cc1)C(=O)Nc1ccc(C#N)c(C(F)(F)F)c1.Cl. The lowest BCUT2D eigenvalue weighted by Crippen LogP contribution is -2.53. The van der Waals surface area contributed by atoms with Gasteiger partial charge in [0.1, 0.15) is 11.4 Å². The van der Waals surface area contributed by atoms with Crippen molar-refractivity contribution in [3.63, 3.8) is 0 Å². The van der Waals surface area contributed by atoms with E-state index in [1.54, 1.807) is 0 Å². The van der Waals surface area contributed by atoms with Gasteiger partial charge >= 0.3 is 6.18 Å². The number of halogens is 5. The lowest BCUT2D eigenvalue weighted by atomic mass is 10.0. The summed E-state index contributed by atoms with van der Waals surface area (Å²) in [6.45, 7) is 1.09. The number of carbonyl (C=O) groups excluding carboxylic acids is 1. The van der Waals surface area contributed by atoms with E-state index in [9.17, 15) is 30.8 Å². The molecular weight excluding hydrogens is 450 g/mol. The van der Waals surface area contributed by atoms with Gasteiger partial charge < -0.3 is 11.1 Å². The van der Waals surface area contributed by atoms with Gasteiger partial charge in [0.05, 0.1) is 27.8 Å². The minimum atomic E-state index is -4.83. The highest BCUT2D eigenvalue weighted by molar-refractivity contribution is 7.91. The van der Waals surface area contributed by atoms with E-state index < -0.39 is 50.2 Å². The zero-order chi connectivity index (χ0) is 22.0. The van der Waals surface area contributed by atoms with E-state index in [-0.39, 0.29) is 23.0 Å². The van der Waals surface area contributed by atoms with E-state index in [1.807, 2.05) is 0 Å². The first-order chi connectivity index (χ1) is 13.3. The predicted molar refractivity (Wildman–Crippen MR) is 103 cm³/mol. The van der Waals surface area contributed by atoms with E-state index in [0.29, 0.717) is 6.07 Å². The molecular formula is C18H16ClF4N3O3S. The van der Waals surface area contributed by atoms with E-state index >= 15 is 0 Å². The van der Waals surface area contributed by atoms with Crippen molar-refractivity contribution in [2.24, 2.45) is 5.73 Å². The molecule has 1 amide bonds. The molecule has 0 bridgehead atoms. The molecule has 0 aliphatic rings. The third kappa shape index (κ3) is 5.91. The normalized spacial score (nSPS) is 13.5. The average Bonchev–Trinajstić information content (AvgIpc) is 2.60. The van der Waals surface area contributed by atoms with Crippen LogP contribution in [-0.4, -0.2) is 25.6 Å². The minimum absolute atomic E-state index is 0. The molecule has 3 N–H and O–H groups in total. The number of nitriles is 1. The number of hydrogen-bond acceptors (Lipinski definition) is 5. The Bertz CT molecular complexity index is 1080. The minimum Gasteiger partial charge on any atom is -0.324 e. The van der Waals surface area contributed by atoms with Gasteiger partial charge in [0.25, 0.3) is 0 Å². The Morgan fingerprint density at radius 3 is 2.23 bits per heavy atom. The maximum absolute atomic E-state index is 13.0. The maximum Gasteiger partial charge on any atom is 0.417 e. The second-order valence-electron chi connectivity index (χ2n) is 6.45. The van der Waals surface area contributed by atoms with Gasteiger partial charge in [-0.2, -0.15) is 18.4 Å². The van der Waals surface area contributed by atoms with E-state index in [2.05, 4.69) is 5.32 Å². The molecule has 0 saturated heterocycles. The molecule has 0 saturated carbocycles. The second kappa shape index (κ2) is 8.99. The molecule has 2 rings (SSSR count). The molecule has 1 unspecified atom stereocenters. The maximum atomic E-state index is 13.0. The fourth-order valence-corrected chi connectivity index (χ4v) is 4.05. The zero-order valence-electron chi connectivity index (χ0n) is 15.3. The van der Waals surface area contributed by atoms with E-state index in [0.717, 1.165) is 43.3 Å². The first-order valence-electron chi connectivity index (χ1n) is 7.96. The van der Waals surface area contributed by atoms with E-state index in [4.69, 9.17) is 11.0 Å². The van der Waals surface area contributed by atoms with Gasteiger partial charge in [-0.25, -0.2) is 12.8 Å². The van der Waals surface area contributed by atoms with Gasteiger partial charge in [0.15, 0.2) is 9.84 Å². The lowest BCUT2D eigenvalue weighted by molar-refractivity contribution is -0.137. The smallest absolute Gasteiger partial charge is 0.324 e. The monoisotopic (exact) mass is 465 g/mol. The summed E-state index contributed by atoms with van der Waals surface area (Å²) in [6, 6.07) is 7.77. The molecule has 0 fully saturated rings. The Balaban J connectivity index is 0.00000450. The molecule has 2 aromatic carbocycles. The van der Waals surface area contributed by atoms with Crippen molar-refractivity contribution < 1.29 is 30.8 Å². The summed E-state index contributed by atoms with van der Waals surface area (Å²) >= 11 is 0. The van der Waals surface area contributed by atoms with Crippen LogP contribution in [0, 0.1) is 17.1 Å². The van der Waals surface area contributed by atoms with Crippen molar-refractivity contribution in [3.8, 4) is 6.07 Å². The predicted octanol–water partition coefficient (Wildman–Crippen LogP) is 3.27. The molecule has 0 aromatic heterocycles. The average molecular weight is 466 g/mol. The van der Waals surface area contributed by atoms with Gasteiger partial charge in [-0.3, -0.25) is 4.79 Å². The van der Waals surface area contributed by atoms with Crippen LogP contribution in [-0.2, 0) is 20.8 Å². The third-order valence-electron chi connectivity index (χ3n) is 3.88. The molecule has 0 aliphatic carbocycles. The molecule has 2 aromatic rings. The number of benzene rings is 2. The number of alkyl halides is 3. The summed E-state index contributed by atoms with van der Waals surface area (Å²) in [4.78, 5) is 12.1. The van der Waals surface area contributed by atoms with Crippen molar-refractivity contribution >= 4 is 33.8 Å². The largest absolute Gasteiger partial charge is 0.417 e. The summed E-state index contributed by atoms with van der Waals surface area (Å²) < 4.78 is 76.9. The van der Waals surface area contributed by atoms with Crippen molar-refractivity contribution in [1.82, 2.24) is 0 Å². The zero-order valence-corrected chi connectivity index (χ0v) is 17.0. The molecule has 162 valence electrons. The van der Waals surface area contributed by atoms with Crippen LogP contribution in [0.25, 0.3) is 0 Å². The molecule has 0 heterocycles. The van der Waals surface area contributed by atoms with Crippen LogP contribution in [0.2, 0.25) is 0 Å². The highest BCUT2D eigenvalue weighted by atomic mass is 35.5. The van der Waals surface area contributed by atoms with Crippen molar-refractivity contribution in [2.75, 3.05) is 11.1 Å². The summed E-state index contributed by atoms with van der Waals surface area (Å²) in [7, 11) is -4.09. The number of amides is 1. The standard InChI is InChI=1S/C18H15F4N3O3S.ClH/c1-17(24,10-29(27,28)14-6-3-12(19)4-7-14)16(26)25-13-5-2-11(9-23)15(8-13)18(20,21)22;/h2-8H,10,24H2,1H3,(H,25,26);1H. The van der Waals surface area contributed by atoms with E-state index in [1.165, 1.54) is 6.07 Å². The lowest BCUT2D eigenvalue weighted by Gasteiger charge is -2.23. The fourth-order valence-electron chi connectivity index (χ4n) is 2.41. The van der Waals surface area contributed by atoms with Gasteiger partial charge in [-0.1, -0.05) is 0 Å². The van der Waals surface area contributed by atoms with Gasteiger partial charge in [0.2, 0.25) is 5.91 Å². The molecule has 0 radical (unpaired) electrons. The Kier molecular flexibility index (Phi) is 7.60. The number of sulfone groups is 1. The van der Waals surface area contributed by atoms with Crippen molar-refractivity contribution in [2.45, 2.75) is 23.5 Å². The number of nitrogens with zero attached hydrogens (tertiary/aromatic N) is 1. The first-order valence-corrected chi connectivity index (χ1v) is 9.61. The van der Waals surface area contributed by atoms with Gasteiger partial charge in [0, 0.05) is 5.69 Å². The van der Waals surface area contributed by atoms with Crippen LogP contribution in [0.1, 0.15) is 18.1 Å². The number of nitrogens with one attached hydrogen (secondary N) is 1. The number of carbonyl (C=O) groups is 1. The van der Waals surface area contributed by atoms with Crippen LogP contribution in [0.15, 0.2) is 47.4 Å². The number of rotatable bonds is 5. The van der Waals surface area contributed by atoms with Crippen molar-refractivity contribution in [1.29, 1.82) is 5.26 Å². The Labute approximate surface area is 176 Å². The van der Waals surface area contributed by atoms with Crippen LogP contribution in [0.5, 0.6) is 0 Å². The topological polar surface area (TPSA) is 113 Å². The number of nitrogens with two attached hydrogens (primary N) is 1. The van der Waals surface area contributed by atoms with Crippen LogP contribution in [0.3, 0.4) is 0 Å². The number of anilines is 1. The Morgan fingerprint density at radius 1 is 1.17 bits per heavy atom. The molecule has 6 nitrogen and oxygen atoms in total. The molecule has 12 heteroatoms. The highest BCUT2D eigenvalue weighted by Gasteiger charge is 2.37. The summed E-state index contributed by atoms with van der Waals surface area (Å²) in [5, 5.41) is 10.9. The molecule has 0 aliphatic heterocycles. The number of hydrogen-bond donors (Lipinski definition) is 2. The Morgan fingerprint density at radius 2 is 1.73 bits per heavy atom. The molecule has 0 spiro atoms. The third-order valence-corrected chi connectivity index (χ3v) is 5.85. The summed E-state index contributed by atoms with van der Waals surface area (Å²) in [5.41, 5.74) is 1.59. The highest BCUT2D eigenvalue weighted by Crippen LogP contribution is 2.33. The quantitative estimate of drug-likeness (QED) is 0.519.